The van der Waals surface area contributed by atoms with Gasteiger partial charge in [-0.15, -0.1) is 5.01 Å². The molecule has 0 bridgehead atoms. The van der Waals surface area contributed by atoms with E-state index >= 15 is 0 Å². The maximum Gasteiger partial charge on any atom is 0.272 e. The normalized spacial score (nSPS) is 9.54. The number of nitrogens with two attached hydrogens (primary N) is 2. The average Bonchev–Trinajstić information content (AvgIpc) is 2.51. The first-order valence-corrected chi connectivity index (χ1v) is 2.74. The van der Waals surface area contributed by atoms with Crippen molar-refractivity contribution < 1.29 is 5.48 Å². The topological polar surface area (TPSA) is 190 Å². The van der Waals surface area contributed by atoms with E-state index in [-0.39, 0.29) is 11.4 Å². The van der Waals surface area contributed by atoms with E-state index in [9.17, 15) is 0 Å². The van der Waals surface area contributed by atoms with Gasteiger partial charge in [-0.3, -0.25) is 5.41 Å². The lowest BCUT2D eigenvalue weighted by molar-refractivity contribution is 0.824. The van der Waals surface area contributed by atoms with Gasteiger partial charge in [-0.05, 0) is 15.7 Å². The first-order chi connectivity index (χ1) is 5.75. The number of H-pyrrole nitrogens is 1. The van der Waals surface area contributed by atoms with Gasteiger partial charge in [0.05, 0.1) is 0 Å². The van der Waals surface area contributed by atoms with Gasteiger partial charge in [-0.1, -0.05) is 10.3 Å². The molecular weight excluding hydrogens is 180 g/mol. The number of guanidine groups is 1. The second kappa shape index (κ2) is 4.55. The summed E-state index contributed by atoms with van der Waals surface area (Å²) < 4.78 is 0. The summed E-state index contributed by atoms with van der Waals surface area (Å²) in [6, 6.07) is 0. The van der Waals surface area contributed by atoms with E-state index in [1.165, 1.54) is 0 Å². The van der Waals surface area contributed by atoms with E-state index in [0.29, 0.717) is 0 Å². The molecule has 1 heterocycles. The zero-order valence-corrected chi connectivity index (χ0v) is 6.34. The van der Waals surface area contributed by atoms with Crippen molar-refractivity contribution in [3.05, 3.63) is 0 Å². The Morgan fingerprint density at radius 1 is 1.62 bits per heavy atom. The first-order valence-electron chi connectivity index (χ1n) is 2.74. The number of nitrogens with one attached hydrogen (secondary N) is 2. The lowest BCUT2D eigenvalue weighted by atomic mass is 10.8. The fourth-order valence-electron chi connectivity index (χ4n) is 0.500. The van der Waals surface area contributed by atoms with Crippen molar-refractivity contribution in [1.82, 2.24) is 20.6 Å². The summed E-state index contributed by atoms with van der Waals surface area (Å²) in [4.78, 5) is 0. The molecule has 0 aliphatic heterocycles. The molecule has 11 heteroatoms. The summed E-state index contributed by atoms with van der Waals surface area (Å²) in [5.74, 6) is 4.42. The van der Waals surface area contributed by atoms with Crippen LogP contribution in [0.2, 0.25) is 0 Å². The van der Waals surface area contributed by atoms with E-state index in [4.69, 9.17) is 17.0 Å². The van der Waals surface area contributed by atoms with Crippen molar-refractivity contribution in [2.75, 3.05) is 5.01 Å². The first kappa shape index (κ1) is 10.7. The zero-order valence-electron chi connectivity index (χ0n) is 6.34. The summed E-state index contributed by atoms with van der Waals surface area (Å²) in [7, 11) is 0. The van der Waals surface area contributed by atoms with E-state index < -0.39 is 5.96 Å². The van der Waals surface area contributed by atoms with Crippen molar-refractivity contribution in [1.29, 1.82) is 5.41 Å². The van der Waals surface area contributed by atoms with Crippen molar-refractivity contribution in [2.24, 2.45) is 22.0 Å². The Kier molecular flexibility index (Phi) is 3.75. The summed E-state index contributed by atoms with van der Waals surface area (Å²) in [5, 5.41) is 26.3. The summed E-state index contributed by atoms with van der Waals surface area (Å²) in [6.45, 7) is 0. The maximum atomic E-state index is 7.01. The van der Waals surface area contributed by atoms with Gasteiger partial charge >= 0.3 is 0 Å². The molecule has 0 fully saturated rings. The van der Waals surface area contributed by atoms with Gasteiger partial charge in [0, 0.05) is 0 Å². The van der Waals surface area contributed by atoms with Gasteiger partial charge in [0.2, 0.25) is 5.96 Å². The maximum absolute atomic E-state index is 7.01. The zero-order chi connectivity index (χ0) is 8.97. The van der Waals surface area contributed by atoms with E-state index in [1.54, 1.807) is 0 Å². The smallest absolute Gasteiger partial charge is 0.272 e. The van der Waals surface area contributed by atoms with Crippen LogP contribution in [0.25, 0.3) is 0 Å². The standard InChI is InChI=1S/C2H6N10.H2O/c3-1(4)12(11-8-5)2-6-9-10-7-2;/h(H3,3,4)(H2,5,11)(H,6,7,9,10);1H2. The molecule has 13 heavy (non-hydrogen) atoms. The van der Waals surface area contributed by atoms with Crippen LogP contribution in [0.15, 0.2) is 10.4 Å². The van der Waals surface area contributed by atoms with Gasteiger partial charge in [0.15, 0.2) is 0 Å². The van der Waals surface area contributed by atoms with Crippen molar-refractivity contribution in [3.8, 4) is 0 Å². The van der Waals surface area contributed by atoms with Gasteiger partial charge in [0.25, 0.3) is 5.95 Å². The molecular formula is C2H8N10O. The quantitative estimate of drug-likeness (QED) is 0.128. The number of aromatic nitrogens is 4. The third-order valence-corrected chi connectivity index (χ3v) is 0.904. The van der Waals surface area contributed by atoms with Crippen molar-refractivity contribution in [2.45, 2.75) is 0 Å². The SMILES string of the molecule is N=C(N)N(N=NN)c1nnn[nH]1.O. The van der Waals surface area contributed by atoms with Crippen LogP contribution in [0.1, 0.15) is 0 Å². The number of tetrazole rings is 1. The molecule has 0 aliphatic rings. The highest BCUT2D eigenvalue weighted by Gasteiger charge is 2.11. The largest absolute Gasteiger partial charge is 0.412 e. The van der Waals surface area contributed by atoms with Gasteiger partial charge in [-0.2, -0.15) is 0 Å². The Hall–Kier alpha value is -2.30. The van der Waals surface area contributed by atoms with Crippen LogP contribution in [-0.2, 0) is 0 Å². The fraction of sp³-hybridized carbons (Fsp3) is 0. The number of hydrogen-bond donors (Lipinski definition) is 4. The van der Waals surface area contributed by atoms with Gasteiger partial charge in [-0.25, -0.2) is 5.10 Å². The highest BCUT2D eigenvalue weighted by atomic mass is 16.0. The van der Waals surface area contributed by atoms with Crippen LogP contribution in [0, 0.1) is 5.41 Å². The number of rotatable bonds is 2. The summed E-state index contributed by atoms with van der Waals surface area (Å²) in [5.41, 5.74) is 5.10. The lowest BCUT2D eigenvalue weighted by Crippen LogP contribution is -2.32. The summed E-state index contributed by atoms with van der Waals surface area (Å²) >= 11 is 0. The van der Waals surface area contributed by atoms with E-state index in [2.05, 4.69) is 31.1 Å². The Balaban J connectivity index is 0.00000144. The molecule has 0 unspecified atom stereocenters. The van der Waals surface area contributed by atoms with Crippen LogP contribution in [0.3, 0.4) is 0 Å². The van der Waals surface area contributed by atoms with Gasteiger partial charge < -0.3 is 17.1 Å². The lowest BCUT2D eigenvalue weighted by Gasteiger charge is -2.07. The molecule has 1 aromatic heterocycles. The highest BCUT2D eigenvalue weighted by molar-refractivity contribution is 5.89. The Labute approximate surface area is 71.6 Å². The molecule has 72 valence electrons. The minimum atomic E-state index is -0.400. The third kappa shape index (κ3) is 2.33. The molecule has 0 aliphatic carbocycles. The Bertz CT molecular complexity index is 275. The molecule has 0 saturated carbocycles. The van der Waals surface area contributed by atoms with Crippen LogP contribution in [0.5, 0.6) is 0 Å². The monoisotopic (exact) mass is 188 g/mol. The molecule has 0 amide bonds. The van der Waals surface area contributed by atoms with E-state index in [1.807, 2.05) is 0 Å². The summed E-state index contributed by atoms with van der Waals surface area (Å²) in [6.07, 6.45) is 0. The van der Waals surface area contributed by atoms with Crippen LogP contribution >= 0.6 is 0 Å². The van der Waals surface area contributed by atoms with Crippen LogP contribution in [-0.4, -0.2) is 32.1 Å². The van der Waals surface area contributed by atoms with Crippen molar-refractivity contribution >= 4 is 11.9 Å². The minimum absolute atomic E-state index is 0. The number of anilines is 1. The predicted octanol–water partition coefficient (Wildman–Crippen LogP) is -2.68. The molecule has 0 aromatic carbocycles. The van der Waals surface area contributed by atoms with Gasteiger partial charge in [0.1, 0.15) is 0 Å². The molecule has 0 saturated heterocycles. The fourth-order valence-corrected chi connectivity index (χ4v) is 0.500. The minimum Gasteiger partial charge on any atom is -0.412 e. The second-order valence-corrected chi connectivity index (χ2v) is 1.63. The number of hydrogen-bond acceptors (Lipinski definition) is 6. The van der Waals surface area contributed by atoms with Crippen LogP contribution < -0.4 is 16.6 Å². The highest BCUT2D eigenvalue weighted by Crippen LogP contribution is 2.01. The third-order valence-electron chi connectivity index (χ3n) is 0.904. The molecule has 0 radical (unpaired) electrons. The Morgan fingerprint density at radius 3 is 2.69 bits per heavy atom. The molecule has 0 atom stereocenters. The molecule has 0 spiro atoms. The predicted molar refractivity (Wildman–Crippen MR) is 41.2 cm³/mol. The molecule has 1 rings (SSSR count). The second-order valence-electron chi connectivity index (χ2n) is 1.63. The van der Waals surface area contributed by atoms with Crippen LogP contribution in [0.4, 0.5) is 5.95 Å². The molecule has 1 aromatic rings. The average molecular weight is 188 g/mol. The number of nitrogens with zero attached hydrogens (tertiary/aromatic N) is 6. The van der Waals surface area contributed by atoms with E-state index in [0.717, 1.165) is 5.01 Å². The Morgan fingerprint density at radius 2 is 2.31 bits per heavy atom. The number of aromatic amines is 1. The molecule has 8 N–H and O–H groups in total. The molecule has 11 nitrogen and oxygen atoms in total. The van der Waals surface area contributed by atoms with Crippen molar-refractivity contribution in [3.63, 3.8) is 0 Å².